The summed E-state index contributed by atoms with van der Waals surface area (Å²) in [6.45, 7) is 17.9. The number of hydrogen-bond donors (Lipinski definition) is 0. The molecule has 32 heavy (non-hydrogen) atoms. The summed E-state index contributed by atoms with van der Waals surface area (Å²) >= 11 is 0. The molecule has 2 aliphatic heterocycles. The van der Waals surface area contributed by atoms with Gasteiger partial charge in [0.2, 0.25) is 0 Å². The van der Waals surface area contributed by atoms with E-state index in [4.69, 9.17) is 14.0 Å². The molecule has 0 spiro atoms. The Labute approximate surface area is 197 Å². The highest BCUT2D eigenvalue weighted by atomic mass is 16.6. The number of benzene rings is 1. The molecule has 2 saturated heterocycles. The maximum Gasteiger partial charge on any atom is 0.494 e. The number of carbonyl (C=O) groups excluding carboxylic acids is 1. The van der Waals surface area contributed by atoms with Crippen molar-refractivity contribution in [2.75, 3.05) is 19.7 Å². The summed E-state index contributed by atoms with van der Waals surface area (Å²) in [7, 11) is -0.237. The minimum atomic E-state index is -0.434. The lowest BCUT2D eigenvalue weighted by Crippen LogP contribution is -2.42. The largest absolute Gasteiger partial charge is 0.494 e. The van der Waals surface area contributed by atoms with Gasteiger partial charge in [0.1, 0.15) is 5.60 Å². The summed E-state index contributed by atoms with van der Waals surface area (Å²) in [5, 5.41) is 0. The minimum Gasteiger partial charge on any atom is -0.444 e. The third-order valence-corrected chi connectivity index (χ3v) is 4.85. The van der Waals surface area contributed by atoms with E-state index in [2.05, 4.69) is 37.1 Å². The number of hydrogen-bond acceptors (Lipinski definition) is 4. The first-order valence-corrected chi connectivity index (χ1v) is 12.0. The summed E-state index contributed by atoms with van der Waals surface area (Å²) in [5.74, 6) is 0.591. The first-order valence-electron chi connectivity index (χ1n) is 12.0. The maximum absolute atomic E-state index is 12.2. The molecule has 0 aliphatic carbocycles. The van der Waals surface area contributed by atoms with Crippen molar-refractivity contribution in [3.63, 3.8) is 0 Å². The van der Waals surface area contributed by atoms with Crippen LogP contribution in [-0.2, 0) is 20.5 Å². The number of likely N-dealkylation sites (tertiary alicyclic amines) is 1. The van der Waals surface area contributed by atoms with Crippen LogP contribution >= 0.6 is 0 Å². The van der Waals surface area contributed by atoms with E-state index in [-0.39, 0.29) is 19.3 Å². The fraction of sp³-hybridized carbons (Fsp3) is 0.654. The van der Waals surface area contributed by atoms with Crippen molar-refractivity contribution in [2.24, 2.45) is 5.92 Å². The van der Waals surface area contributed by atoms with E-state index in [0.717, 1.165) is 37.8 Å². The molecular weight excluding hydrogens is 401 g/mol. The average molecular weight is 445 g/mol. The lowest BCUT2D eigenvalue weighted by molar-refractivity contribution is 0.0184. The van der Waals surface area contributed by atoms with E-state index in [1.165, 1.54) is 5.56 Å². The molecule has 0 radical (unpaired) electrons. The number of ether oxygens (including phenoxy) is 1. The van der Waals surface area contributed by atoms with Crippen LogP contribution in [0.15, 0.2) is 24.3 Å². The highest BCUT2D eigenvalue weighted by Crippen LogP contribution is 2.23. The van der Waals surface area contributed by atoms with Crippen LogP contribution in [0.25, 0.3) is 0 Å². The highest BCUT2D eigenvalue weighted by Gasteiger charge is 2.31. The van der Waals surface area contributed by atoms with Crippen LogP contribution in [0.2, 0.25) is 0 Å². The molecule has 1 aromatic carbocycles. The second-order valence-electron chi connectivity index (χ2n) is 8.47. The second-order valence-corrected chi connectivity index (χ2v) is 8.47. The van der Waals surface area contributed by atoms with Crippen molar-refractivity contribution in [1.29, 1.82) is 0 Å². The van der Waals surface area contributed by atoms with Gasteiger partial charge in [-0.3, -0.25) is 0 Å². The summed E-state index contributed by atoms with van der Waals surface area (Å²) < 4.78 is 17.0. The van der Waals surface area contributed by atoms with Crippen molar-refractivity contribution in [3.8, 4) is 12.8 Å². The summed E-state index contributed by atoms with van der Waals surface area (Å²) in [5.41, 5.74) is 1.97. The molecule has 3 rings (SSSR count). The van der Waals surface area contributed by atoms with E-state index in [1.54, 1.807) is 0 Å². The summed E-state index contributed by atoms with van der Waals surface area (Å²) in [6, 6.07) is 8.51. The molecule has 5 nitrogen and oxygen atoms in total. The number of nitrogens with zero attached hydrogens (tertiary/aromatic N) is 1. The van der Waals surface area contributed by atoms with Crippen LogP contribution in [-0.4, -0.2) is 49.5 Å². The van der Waals surface area contributed by atoms with Gasteiger partial charge >= 0.3 is 13.2 Å². The molecule has 0 aromatic heterocycles. The van der Waals surface area contributed by atoms with Crippen LogP contribution in [0.4, 0.5) is 4.79 Å². The average Bonchev–Trinajstić information content (AvgIpc) is 3.24. The molecule has 1 unspecified atom stereocenters. The van der Waals surface area contributed by atoms with Gasteiger partial charge in [0.25, 0.3) is 0 Å². The van der Waals surface area contributed by atoms with E-state index in [0.29, 0.717) is 12.5 Å². The quantitative estimate of drug-likeness (QED) is 0.468. The van der Waals surface area contributed by atoms with Crippen LogP contribution in [0.5, 0.6) is 0 Å². The van der Waals surface area contributed by atoms with Gasteiger partial charge in [0, 0.05) is 13.1 Å². The van der Waals surface area contributed by atoms with Gasteiger partial charge in [0.15, 0.2) is 0 Å². The Morgan fingerprint density at radius 3 is 2.25 bits per heavy atom. The molecule has 0 bridgehead atoms. The van der Waals surface area contributed by atoms with E-state index < -0.39 is 5.60 Å². The molecule has 6 heteroatoms. The van der Waals surface area contributed by atoms with Gasteiger partial charge in [-0.1, -0.05) is 52.0 Å². The molecule has 180 valence electrons. The van der Waals surface area contributed by atoms with E-state index in [1.807, 2.05) is 60.3 Å². The van der Waals surface area contributed by atoms with Crippen LogP contribution < -0.4 is 5.46 Å². The Hall–Kier alpha value is -1.97. The third-order valence-electron chi connectivity index (χ3n) is 4.85. The smallest absolute Gasteiger partial charge is 0.444 e. The predicted molar refractivity (Wildman–Crippen MR) is 135 cm³/mol. The molecule has 2 fully saturated rings. The van der Waals surface area contributed by atoms with Gasteiger partial charge in [-0.25, -0.2) is 4.79 Å². The zero-order valence-corrected chi connectivity index (χ0v) is 21.5. The zero-order chi connectivity index (χ0) is 24.7. The lowest BCUT2D eigenvalue weighted by atomic mass is 9.77. The van der Waals surface area contributed by atoms with Crippen molar-refractivity contribution in [2.45, 2.75) is 86.4 Å². The SMILES string of the molecule is C#C.CC.CC.CC1COB(c2cccc(CC3CCN(C(=O)OC(C)(C)C)CC3)c2)O1. The number of terminal acetylenes is 1. The highest BCUT2D eigenvalue weighted by molar-refractivity contribution is 6.61. The van der Waals surface area contributed by atoms with Gasteiger partial charge in [-0.2, -0.15) is 0 Å². The Bertz CT molecular complexity index is 663. The number of rotatable bonds is 3. The second kappa shape index (κ2) is 15.8. The van der Waals surface area contributed by atoms with Gasteiger partial charge in [-0.15, -0.1) is 12.8 Å². The molecular formula is C26H44BNO4. The number of piperidine rings is 1. The molecule has 2 heterocycles. The van der Waals surface area contributed by atoms with Gasteiger partial charge in [-0.05, 0) is 63.9 Å². The molecule has 0 saturated carbocycles. The van der Waals surface area contributed by atoms with Gasteiger partial charge < -0.3 is 18.9 Å². The molecule has 0 N–H and O–H groups in total. The fourth-order valence-corrected chi connectivity index (χ4v) is 3.53. The van der Waals surface area contributed by atoms with E-state index >= 15 is 0 Å². The Morgan fingerprint density at radius 1 is 1.16 bits per heavy atom. The van der Waals surface area contributed by atoms with Crippen molar-refractivity contribution in [3.05, 3.63) is 29.8 Å². The topological polar surface area (TPSA) is 48.0 Å². The van der Waals surface area contributed by atoms with Gasteiger partial charge in [0.05, 0.1) is 12.7 Å². The first kappa shape index (κ1) is 30.0. The third kappa shape index (κ3) is 10.6. The zero-order valence-electron chi connectivity index (χ0n) is 21.5. The standard InChI is InChI=1S/C20H30BNO4.2C2H6.C2H2/c1-15-14-24-21(26-15)18-7-5-6-17(13-18)12-16-8-10-22(11-9-16)19(23)25-20(2,3)4;3*1-2/h5-7,13,15-16H,8-12,14H2,1-4H3;2*1-2H3;1-2H. The molecule has 2 aliphatic rings. The van der Waals surface area contributed by atoms with Crippen molar-refractivity contribution < 1.29 is 18.8 Å². The maximum atomic E-state index is 12.2. The molecule has 1 amide bonds. The summed E-state index contributed by atoms with van der Waals surface area (Å²) in [6.07, 6.45) is 11.0. The normalized spacial score (nSPS) is 18.2. The first-order chi connectivity index (χ1) is 15.3. The van der Waals surface area contributed by atoms with Crippen molar-refractivity contribution >= 4 is 18.7 Å². The summed E-state index contributed by atoms with van der Waals surface area (Å²) in [4.78, 5) is 14.0. The molecule has 1 atom stereocenters. The van der Waals surface area contributed by atoms with E-state index in [9.17, 15) is 4.79 Å². The van der Waals surface area contributed by atoms with Crippen molar-refractivity contribution in [1.82, 2.24) is 4.90 Å². The number of carbonyl (C=O) groups is 1. The lowest BCUT2D eigenvalue weighted by Gasteiger charge is -2.33. The Balaban J connectivity index is 0.00000148. The number of amides is 1. The Kier molecular flexibility index (Phi) is 14.8. The Morgan fingerprint density at radius 2 is 1.75 bits per heavy atom. The predicted octanol–water partition coefficient (Wildman–Crippen LogP) is 5.31. The van der Waals surface area contributed by atoms with Crippen LogP contribution in [0.1, 0.15) is 73.8 Å². The fourth-order valence-electron chi connectivity index (χ4n) is 3.53. The van der Waals surface area contributed by atoms with Crippen LogP contribution in [0, 0.1) is 18.8 Å². The minimum absolute atomic E-state index is 0.154. The monoisotopic (exact) mass is 445 g/mol. The van der Waals surface area contributed by atoms with Crippen LogP contribution in [0.3, 0.4) is 0 Å². The molecule has 1 aromatic rings.